The topological polar surface area (TPSA) is 91.4 Å². The normalized spacial score (nSPS) is 13.0. The largest absolute Gasteiger partial charge is 0.486 e. The Bertz CT molecular complexity index is 708. The Labute approximate surface area is 121 Å². The van der Waals surface area contributed by atoms with Crippen molar-refractivity contribution in [1.82, 2.24) is 9.78 Å². The van der Waals surface area contributed by atoms with E-state index in [0.29, 0.717) is 47.5 Å². The van der Waals surface area contributed by atoms with Gasteiger partial charge in [0.15, 0.2) is 17.3 Å². The van der Waals surface area contributed by atoms with Crippen molar-refractivity contribution in [3.8, 4) is 11.5 Å². The number of rotatable bonds is 2. The highest BCUT2D eigenvalue weighted by molar-refractivity contribution is 6.05. The first-order valence-corrected chi connectivity index (χ1v) is 6.56. The lowest BCUT2D eigenvalue weighted by molar-refractivity contribution is 0.102. The van der Waals surface area contributed by atoms with E-state index in [0.717, 1.165) is 0 Å². The van der Waals surface area contributed by atoms with Gasteiger partial charge in [0.1, 0.15) is 13.2 Å². The van der Waals surface area contributed by atoms with Crippen LogP contribution in [-0.2, 0) is 7.05 Å². The predicted molar refractivity (Wildman–Crippen MR) is 77.7 cm³/mol. The summed E-state index contributed by atoms with van der Waals surface area (Å²) in [5, 5.41) is 6.92. The Kier molecular flexibility index (Phi) is 3.17. The van der Waals surface area contributed by atoms with Crippen LogP contribution in [0.3, 0.4) is 0 Å². The molecule has 7 heteroatoms. The first kappa shape index (κ1) is 13.3. The number of nitrogen functional groups attached to an aromatic ring is 1. The van der Waals surface area contributed by atoms with Gasteiger partial charge >= 0.3 is 0 Å². The molecule has 0 radical (unpaired) electrons. The third kappa shape index (κ3) is 2.37. The Morgan fingerprint density at radius 2 is 2.05 bits per heavy atom. The van der Waals surface area contributed by atoms with Crippen LogP contribution in [0.4, 0.5) is 11.5 Å². The molecule has 0 spiro atoms. The molecule has 3 rings (SSSR count). The first-order chi connectivity index (χ1) is 10.1. The Morgan fingerprint density at radius 1 is 1.33 bits per heavy atom. The highest BCUT2D eigenvalue weighted by atomic mass is 16.6. The van der Waals surface area contributed by atoms with Crippen LogP contribution in [-0.4, -0.2) is 28.9 Å². The van der Waals surface area contributed by atoms with Crippen LogP contribution in [0.5, 0.6) is 11.5 Å². The standard InChI is InChI=1S/C14H16N4O3/c1-8-12(15)13(18(2)17-8)16-14(19)9-3-4-10-11(7-9)21-6-5-20-10/h3-4,7H,5-6,15H2,1-2H3,(H,16,19). The molecule has 0 saturated heterocycles. The van der Waals surface area contributed by atoms with Gasteiger partial charge in [0, 0.05) is 12.6 Å². The zero-order chi connectivity index (χ0) is 15.0. The van der Waals surface area contributed by atoms with Gasteiger partial charge in [-0.15, -0.1) is 0 Å². The van der Waals surface area contributed by atoms with Crippen molar-refractivity contribution in [2.75, 3.05) is 24.3 Å². The van der Waals surface area contributed by atoms with Crippen LogP contribution >= 0.6 is 0 Å². The molecule has 110 valence electrons. The van der Waals surface area contributed by atoms with Gasteiger partial charge in [0.25, 0.3) is 5.91 Å². The highest BCUT2D eigenvalue weighted by Gasteiger charge is 2.17. The molecule has 3 N–H and O–H groups in total. The van der Waals surface area contributed by atoms with Crippen LogP contribution in [0, 0.1) is 6.92 Å². The number of hydrogen-bond acceptors (Lipinski definition) is 5. The highest BCUT2D eigenvalue weighted by Crippen LogP contribution is 2.31. The molecule has 1 aliphatic rings. The maximum absolute atomic E-state index is 12.3. The number of fused-ring (bicyclic) bond motifs is 1. The fourth-order valence-corrected chi connectivity index (χ4v) is 2.19. The summed E-state index contributed by atoms with van der Waals surface area (Å²) < 4.78 is 12.4. The van der Waals surface area contributed by atoms with Gasteiger partial charge in [-0.05, 0) is 25.1 Å². The number of carbonyl (C=O) groups is 1. The van der Waals surface area contributed by atoms with Gasteiger partial charge in [-0.1, -0.05) is 0 Å². The minimum atomic E-state index is -0.276. The van der Waals surface area contributed by atoms with Gasteiger partial charge in [0.2, 0.25) is 0 Å². The summed E-state index contributed by atoms with van der Waals surface area (Å²) in [5.41, 5.74) is 7.51. The number of nitrogens with one attached hydrogen (secondary N) is 1. The molecule has 0 bridgehead atoms. The van der Waals surface area contributed by atoms with Crippen LogP contribution in [0.25, 0.3) is 0 Å². The Hall–Kier alpha value is -2.70. The van der Waals surface area contributed by atoms with Gasteiger partial charge in [-0.2, -0.15) is 5.10 Å². The lowest BCUT2D eigenvalue weighted by Gasteiger charge is -2.18. The second-order valence-electron chi connectivity index (χ2n) is 4.78. The van der Waals surface area contributed by atoms with E-state index < -0.39 is 0 Å². The summed E-state index contributed by atoms with van der Waals surface area (Å²) in [4.78, 5) is 12.3. The van der Waals surface area contributed by atoms with Crippen molar-refractivity contribution in [3.63, 3.8) is 0 Å². The maximum Gasteiger partial charge on any atom is 0.257 e. The quantitative estimate of drug-likeness (QED) is 0.870. The molecule has 0 aliphatic carbocycles. The minimum absolute atomic E-state index is 0.276. The molecule has 0 saturated carbocycles. The molecule has 0 atom stereocenters. The summed E-state index contributed by atoms with van der Waals surface area (Å²) in [6, 6.07) is 5.06. The number of nitrogens with two attached hydrogens (primary N) is 1. The van der Waals surface area contributed by atoms with E-state index in [9.17, 15) is 4.79 Å². The molecule has 1 aromatic heterocycles. The van der Waals surface area contributed by atoms with E-state index >= 15 is 0 Å². The summed E-state index contributed by atoms with van der Waals surface area (Å²) in [5.74, 6) is 1.42. The van der Waals surface area contributed by atoms with E-state index in [4.69, 9.17) is 15.2 Å². The van der Waals surface area contributed by atoms with E-state index in [2.05, 4.69) is 10.4 Å². The van der Waals surface area contributed by atoms with Crippen molar-refractivity contribution >= 4 is 17.4 Å². The molecule has 1 amide bonds. The van der Waals surface area contributed by atoms with Crippen molar-refractivity contribution in [3.05, 3.63) is 29.5 Å². The zero-order valence-electron chi connectivity index (χ0n) is 11.8. The lowest BCUT2D eigenvalue weighted by Crippen LogP contribution is -2.18. The van der Waals surface area contributed by atoms with Crippen LogP contribution in [0.15, 0.2) is 18.2 Å². The number of carbonyl (C=O) groups excluding carboxylic acids is 1. The molecule has 21 heavy (non-hydrogen) atoms. The van der Waals surface area contributed by atoms with Crippen LogP contribution in [0.1, 0.15) is 16.1 Å². The fourth-order valence-electron chi connectivity index (χ4n) is 2.19. The second kappa shape index (κ2) is 5.01. The second-order valence-corrected chi connectivity index (χ2v) is 4.78. The molecule has 2 aromatic rings. The molecular weight excluding hydrogens is 272 g/mol. The number of aromatic nitrogens is 2. The van der Waals surface area contributed by atoms with E-state index in [1.807, 2.05) is 0 Å². The smallest absolute Gasteiger partial charge is 0.257 e. The minimum Gasteiger partial charge on any atom is -0.486 e. The summed E-state index contributed by atoms with van der Waals surface area (Å²) >= 11 is 0. The lowest BCUT2D eigenvalue weighted by atomic mass is 10.2. The number of benzene rings is 1. The molecule has 0 fully saturated rings. The number of amides is 1. The molecule has 7 nitrogen and oxygen atoms in total. The number of anilines is 2. The summed E-state index contributed by atoms with van der Waals surface area (Å²) in [6.45, 7) is 2.78. The van der Waals surface area contributed by atoms with Crippen molar-refractivity contribution in [2.45, 2.75) is 6.92 Å². The predicted octanol–water partition coefficient (Wildman–Crippen LogP) is 1.33. The number of nitrogens with zero attached hydrogens (tertiary/aromatic N) is 2. The third-order valence-corrected chi connectivity index (χ3v) is 3.30. The monoisotopic (exact) mass is 288 g/mol. The maximum atomic E-state index is 12.3. The van der Waals surface area contributed by atoms with Crippen molar-refractivity contribution in [2.24, 2.45) is 7.05 Å². The van der Waals surface area contributed by atoms with E-state index in [1.54, 1.807) is 36.9 Å². The van der Waals surface area contributed by atoms with Crippen molar-refractivity contribution < 1.29 is 14.3 Å². The Balaban J connectivity index is 1.85. The average molecular weight is 288 g/mol. The SMILES string of the molecule is Cc1nn(C)c(NC(=O)c2ccc3c(c2)OCCO3)c1N. The van der Waals surface area contributed by atoms with E-state index in [1.165, 1.54) is 0 Å². The Morgan fingerprint density at radius 3 is 2.71 bits per heavy atom. The number of hydrogen-bond donors (Lipinski definition) is 2. The van der Waals surface area contributed by atoms with Crippen LogP contribution < -0.4 is 20.5 Å². The number of ether oxygens (including phenoxy) is 2. The van der Waals surface area contributed by atoms with E-state index in [-0.39, 0.29) is 5.91 Å². The summed E-state index contributed by atoms with van der Waals surface area (Å²) in [6.07, 6.45) is 0. The molecule has 1 aliphatic heterocycles. The van der Waals surface area contributed by atoms with Gasteiger partial charge in [0.05, 0.1) is 11.4 Å². The zero-order valence-corrected chi connectivity index (χ0v) is 11.8. The van der Waals surface area contributed by atoms with Crippen LogP contribution in [0.2, 0.25) is 0 Å². The average Bonchev–Trinajstić information content (AvgIpc) is 2.73. The van der Waals surface area contributed by atoms with Crippen molar-refractivity contribution in [1.29, 1.82) is 0 Å². The first-order valence-electron chi connectivity index (χ1n) is 6.56. The molecular formula is C14H16N4O3. The van der Waals surface area contributed by atoms with Gasteiger partial charge in [-0.25, -0.2) is 0 Å². The summed E-state index contributed by atoms with van der Waals surface area (Å²) in [7, 11) is 1.72. The van der Waals surface area contributed by atoms with Gasteiger partial charge in [-0.3, -0.25) is 9.48 Å². The molecule has 0 unspecified atom stereocenters. The third-order valence-electron chi connectivity index (χ3n) is 3.30. The van der Waals surface area contributed by atoms with Gasteiger partial charge < -0.3 is 20.5 Å². The molecule has 1 aromatic carbocycles. The molecule has 2 heterocycles. The fraction of sp³-hybridized carbons (Fsp3) is 0.286. The number of aryl methyl sites for hydroxylation is 2.